The molecule has 1 aromatic heterocycles. The van der Waals surface area contributed by atoms with Crippen molar-refractivity contribution in [2.24, 2.45) is 0 Å². The second-order valence-electron chi connectivity index (χ2n) is 3.51. The molecule has 0 aliphatic carbocycles. The number of methoxy groups -OCH3 is 1. The lowest BCUT2D eigenvalue weighted by Gasteiger charge is -2.06. The van der Waals surface area contributed by atoms with E-state index in [1.165, 1.54) is 7.11 Å². The van der Waals surface area contributed by atoms with Gasteiger partial charge in [0, 0.05) is 17.4 Å². The highest BCUT2D eigenvalue weighted by molar-refractivity contribution is 5.95. The number of benzene rings is 1. The Balaban J connectivity index is 2.41. The molecule has 0 fully saturated rings. The van der Waals surface area contributed by atoms with E-state index in [0.717, 1.165) is 11.3 Å². The lowest BCUT2D eigenvalue weighted by molar-refractivity contribution is 0.0602. The van der Waals surface area contributed by atoms with Gasteiger partial charge in [-0.3, -0.25) is 4.98 Å². The van der Waals surface area contributed by atoms with E-state index in [4.69, 9.17) is 5.73 Å². The van der Waals surface area contributed by atoms with Crippen molar-refractivity contribution in [3.63, 3.8) is 0 Å². The number of aromatic nitrogens is 1. The summed E-state index contributed by atoms with van der Waals surface area (Å²) in [6, 6.07) is 10.8. The molecule has 0 bridgehead atoms. The summed E-state index contributed by atoms with van der Waals surface area (Å²) in [5, 5.41) is 0. The van der Waals surface area contributed by atoms with Crippen molar-refractivity contribution < 1.29 is 9.53 Å². The van der Waals surface area contributed by atoms with E-state index < -0.39 is 5.97 Å². The largest absolute Gasteiger partial charge is 0.465 e. The van der Waals surface area contributed by atoms with Gasteiger partial charge in [0.25, 0.3) is 0 Å². The summed E-state index contributed by atoms with van der Waals surface area (Å²) in [7, 11) is 1.33. The first-order chi connectivity index (χ1) is 8.22. The van der Waals surface area contributed by atoms with Crippen LogP contribution in [0.1, 0.15) is 10.4 Å². The molecular formula is C13H12N2O2. The Bertz CT molecular complexity index is 538. The number of pyridine rings is 1. The number of anilines is 1. The molecule has 86 valence electrons. The minimum atomic E-state index is -0.435. The molecule has 0 radical (unpaired) electrons. The first kappa shape index (κ1) is 11.1. The minimum Gasteiger partial charge on any atom is -0.465 e. The van der Waals surface area contributed by atoms with Gasteiger partial charge in [-0.1, -0.05) is 12.1 Å². The number of hydrogen-bond donors (Lipinski definition) is 1. The van der Waals surface area contributed by atoms with Gasteiger partial charge in [-0.25, -0.2) is 4.79 Å². The van der Waals surface area contributed by atoms with Gasteiger partial charge in [-0.15, -0.1) is 0 Å². The van der Waals surface area contributed by atoms with Crippen LogP contribution in [0, 0.1) is 0 Å². The van der Waals surface area contributed by atoms with Crippen LogP contribution in [0.15, 0.2) is 42.6 Å². The maximum Gasteiger partial charge on any atom is 0.339 e. The Labute approximate surface area is 99.1 Å². The van der Waals surface area contributed by atoms with E-state index in [9.17, 15) is 4.79 Å². The molecule has 17 heavy (non-hydrogen) atoms. The third-order valence-corrected chi connectivity index (χ3v) is 2.42. The second-order valence-corrected chi connectivity index (χ2v) is 3.51. The molecule has 1 aromatic carbocycles. The fourth-order valence-electron chi connectivity index (χ4n) is 1.55. The van der Waals surface area contributed by atoms with E-state index in [1.807, 2.05) is 18.2 Å². The zero-order valence-corrected chi connectivity index (χ0v) is 9.38. The number of carbonyl (C=O) groups excluding carboxylic acids is 1. The molecule has 0 spiro atoms. The molecule has 2 rings (SSSR count). The molecule has 4 nitrogen and oxygen atoms in total. The SMILES string of the molecule is COC(=O)c1ccc(-c2ccccn2)cc1N. The van der Waals surface area contributed by atoms with Gasteiger partial charge in [-0.05, 0) is 24.3 Å². The van der Waals surface area contributed by atoms with Crippen molar-refractivity contribution in [3.8, 4) is 11.3 Å². The summed E-state index contributed by atoms with van der Waals surface area (Å²) in [5.74, 6) is -0.435. The molecule has 2 aromatic rings. The van der Waals surface area contributed by atoms with E-state index in [1.54, 1.807) is 24.4 Å². The van der Waals surface area contributed by atoms with Crippen molar-refractivity contribution in [2.45, 2.75) is 0 Å². The second kappa shape index (κ2) is 4.65. The number of rotatable bonds is 2. The average Bonchev–Trinajstić information content (AvgIpc) is 2.39. The summed E-state index contributed by atoms with van der Waals surface area (Å²) < 4.78 is 4.63. The number of ether oxygens (including phenoxy) is 1. The molecule has 4 heteroatoms. The quantitative estimate of drug-likeness (QED) is 0.631. The van der Waals surface area contributed by atoms with Crippen LogP contribution in [0.2, 0.25) is 0 Å². The van der Waals surface area contributed by atoms with Gasteiger partial charge >= 0.3 is 5.97 Å². The maximum absolute atomic E-state index is 11.4. The van der Waals surface area contributed by atoms with Gasteiger partial charge in [0.2, 0.25) is 0 Å². The van der Waals surface area contributed by atoms with Crippen molar-refractivity contribution in [1.82, 2.24) is 4.98 Å². The van der Waals surface area contributed by atoms with E-state index >= 15 is 0 Å². The fourth-order valence-corrected chi connectivity index (χ4v) is 1.55. The van der Waals surface area contributed by atoms with Crippen molar-refractivity contribution in [3.05, 3.63) is 48.2 Å². The van der Waals surface area contributed by atoms with Crippen LogP contribution in [-0.2, 0) is 4.74 Å². The zero-order chi connectivity index (χ0) is 12.3. The molecule has 1 heterocycles. The number of nitrogen functional groups attached to an aromatic ring is 1. The summed E-state index contributed by atoms with van der Waals surface area (Å²) >= 11 is 0. The Hall–Kier alpha value is -2.36. The van der Waals surface area contributed by atoms with Crippen molar-refractivity contribution in [2.75, 3.05) is 12.8 Å². The number of nitrogens with zero attached hydrogens (tertiary/aromatic N) is 1. The highest BCUT2D eigenvalue weighted by Crippen LogP contribution is 2.22. The normalized spacial score (nSPS) is 9.94. The van der Waals surface area contributed by atoms with Crippen LogP contribution in [0.25, 0.3) is 11.3 Å². The molecule has 2 N–H and O–H groups in total. The number of nitrogens with two attached hydrogens (primary N) is 1. The highest BCUT2D eigenvalue weighted by Gasteiger charge is 2.10. The molecule has 0 unspecified atom stereocenters. The first-order valence-corrected chi connectivity index (χ1v) is 5.11. The van der Waals surface area contributed by atoms with Crippen LogP contribution in [0.3, 0.4) is 0 Å². The number of carbonyl (C=O) groups is 1. The van der Waals surface area contributed by atoms with Gasteiger partial charge < -0.3 is 10.5 Å². The van der Waals surface area contributed by atoms with Crippen LogP contribution in [-0.4, -0.2) is 18.1 Å². The maximum atomic E-state index is 11.4. The molecule has 0 saturated heterocycles. The van der Waals surface area contributed by atoms with Gasteiger partial charge in [0.15, 0.2) is 0 Å². The predicted octanol–water partition coefficient (Wildman–Crippen LogP) is 2.12. The third kappa shape index (κ3) is 2.25. The molecule has 0 amide bonds. The van der Waals surface area contributed by atoms with Gasteiger partial charge in [-0.2, -0.15) is 0 Å². The van der Waals surface area contributed by atoms with Crippen LogP contribution in [0.5, 0.6) is 0 Å². The topological polar surface area (TPSA) is 65.2 Å². The Kier molecular flexibility index (Phi) is 3.05. The third-order valence-electron chi connectivity index (χ3n) is 2.42. The molecule has 0 saturated carbocycles. The van der Waals surface area contributed by atoms with Crippen molar-refractivity contribution in [1.29, 1.82) is 0 Å². The molecule has 0 atom stereocenters. The molecular weight excluding hydrogens is 216 g/mol. The van der Waals surface area contributed by atoms with Crippen LogP contribution >= 0.6 is 0 Å². The highest BCUT2D eigenvalue weighted by atomic mass is 16.5. The Morgan fingerprint density at radius 3 is 2.71 bits per heavy atom. The smallest absolute Gasteiger partial charge is 0.339 e. The predicted molar refractivity (Wildman–Crippen MR) is 65.4 cm³/mol. The standard InChI is InChI=1S/C13H12N2O2/c1-17-13(16)10-6-5-9(8-11(10)14)12-4-2-3-7-15-12/h2-8H,14H2,1H3. The minimum absolute atomic E-state index is 0.368. The lowest BCUT2D eigenvalue weighted by Crippen LogP contribution is -2.05. The van der Waals surface area contributed by atoms with Gasteiger partial charge in [0.05, 0.1) is 18.4 Å². The number of hydrogen-bond acceptors (Lipinski definition) is 4. The first-order valence-electron chi connectivity index (χ1n) is 5.11. The Morgan fingerprint density at radius 2 is 2.12 bits per heavy atom. The Morgan fingerprint density at radius 1 is 1.29 bits per heavy atom. The van der Waals surface area contributed by atoms with Crippen LogP contribution in [0.4, 0.5) is 5.69 Å². The number of esters is 1. The summed E-state index contributed by atoms with van der Waals surface area (Å²) in [5.41, 5.74) is 8.25. The molecule has 0 aliphatic rings. The fraction of sp³-hybridized carbons (Fsp3) is 0.0769. The lowest BCUT2D eigenvalue weighted by atomic mass is 10.1. The van der Waals surface area contributed by atoms with E-state index in [-0.39, 0.29) is 0 Å². The average molecular weight is 228 g/mol. The monoisotopic (exact) mass is 228 g/mol. The van der Waals surface area contributed by atoms with Crippen molar-refractivity contribution >= 4 is 11.7 Å². The van der Waals surface area contributed by atoms with Gasteiger partial charge in [0.1, 0.15) is 0 Å². The van der Waals surface area contributed by atoms with E-state index in [0.29, 0.717) is 11.3 Å². The van der Waals surface area contributed by atoms with E-state index in [2.05, 4.69) is 9.72 Å². The zero-order valence-electron chi connectivity index (χ0n) is 9.38. The molecule has 0 aliphatic heterocycles. The van der Waals surface area contributed by atoms with Crippen LogP contribution < -0.4 is 5.73 Å². The summed E-state index contributed by atoms with van der Waals surface area (Å²) in [4.78, 5) is 15.6. The summed E-state index contributed by atoms with van der Waals surface area (Å²) in [6.07, 6.45) is 1.71. The summed E-state index contributed by atoms with van der Waals surface area (Å²) in [6.45, 7) is 0.